The van der Waals surface area contributed by atoms with E-state index in [0.29, 0.717) is 12.2 Å². The molecule has 1 aromatic carbocycles. The third kappa shape index (κ3) is 5.16. The van der Waals surface area contributed by atoms with Crippen LogP contribution in [0.3, 0.4) is 0 Å². The Morgan fingerprint density at radius 3 is 2.59 bits per heavy atom. The van der Waals surface area contributed by atoms with E-state index in [4.69, 9.17) is 4.98 Å². The Bertz CT molecular complexity index is 857. The summed E-state index contributed by atoms with van der Waals surface area (Å²) in [5, 5.41) is 2.95. The van der Waals surface area contributed by atoms with Gasteiger partial charge in [-0.1, -0.05) is 57.2 Å². The van der Waals surface area contributed by atoms with Crippen molar-refractivity contribution >= 4 is 16.9 Å². The number of benzene rings is 1. The minimum Gasteiger partial charge on any atom is -0.343 e. The molecule has 0 atom stereocenters. The van der Waals surface area contributed by atoms with Crippen molar-refractivity contribution in [3.63, 3.8) is 0 Å². The van der Waals surface area contributed by atoms with E-state index >= 15 is 0 Å². The van der Waals surface area contributed by atoms with Crippen LogP contribution in [0.25, 0.3) is 11.0 Å². The van der Waals surface area contributed by atoms with E-state index in [2.05, 4.69) is 27.9 Å². The number of fused-ring (bicyclic) bond motifs is 1. The Hall–Kier alpha value is -2.69. The first-order valence-electron chi connectivity index (χ1n) is 9.93. The second kappa shape index (κ2) is 9.86. The molecule has 0 aliphatic carbocycles. The second-order valence-electron chi connectivity index (χ2n) is 6.83. The number of unbranched alkanes of at least 4 members (excludes halogenated alkanes) is 5. The predicted molar refractivity (Wildman–Crippen MR) is 109 cm³/mol. The van der Waals surface area contributed by atoms with Crippen molar-refractivity contribution in [1.82, 2.24) is 19.9 Å². The van der Waals surface area contributed by atoms with E-state index in [-0.39, 0.29) is 5.91 Å². The normalized spacial score (nSPS) is 11.0. The second-order valence-corrected chi connectivity index (χ2v) is 6.83. The monoisotopic (exact) mass is 364 g/mol. The molecule has 2 aromatic heterocycles. The molecule has 0 bridgehead atoms. The molecule has 0 unspecified atom stereocenters. The maximum absolute atomic E-state index is 12.3. The number of aromatic nitrogens is 3. The molecule has 142 valence electrons. The molecule has 0 aliphatic rings. The number of amides is 1. The molecule has 2 heterocycles. The number of aryl methyl sites for hydroxylation is 1. The highest BCUT2D eigenvalue weighted by Crippen LogP contribution is 2.18. The first-order valence-corrected chi connectivity index (χ1v) is 9.93. The standard InChI is InChI=1S/C22H28N4O/c1-2-3-4-5-6-11-16-26-20-14-8-7-12-18(20)25-21(26)17-24-22(27)19-13-9-10-15-23-19/h7-10,12-15H,2-6,11,16-17H2,1H3,(H,24,27). The van der Waals surface area contributed by atoms with Crippen molar-refractivity contribution in [3.8, 4) is 0 Å². The first kappa shape index (κ1) is 19.1. The van der Waals surface area contributed by atoms with E-state index in [9.17, 15) is 4.79 Å². The molecule has 5 nitrogen and oxygen atoms in total. The molecule has 0 spiro atoms. The molecular weight excluding hydrogens is 336 g/mol. The Labute approximate surface area is 160 Å². The van der Waals surface area contributed by atoms with Crippen LogP contribution in [0.15, 0.2) is 48.7 Å². The summed E-state index contributed by atoms with van der Waals surface area (Å²) < 4.78 is 2.24. The summed E-state index contributed by atoms with van der Waals surface area (Å²) in [7, 11) is 0. The van der Waals surface area contributed by atoms with E-state index in [0.717, 1.165) is 29.8 Å². The van der Waals surface area contributed by atoms with Gasteiger partial charge in [-0.05, 0) is 30.7 Å². The van der Waals surface area contributed by atoms with Gasteiger partial charge in [-0.15, -0.1) is 0 Å². The van der Waals surface area contributed by atoms with Crippen LogP contribution in [0, 0.1) is 0 Å². The number of nitrogens with one attached hydrogen (secondary N) is 1. The van der Waals surface area contributed by atoms with Gasteiger partial charge in [0.1, 0.15) is 11.5 Å². The number of carbonyl (C=O) groups excluding carboxylic acids is 1. The van der Waals surface area contributed by atoms with E-state index < -0.39 is 0 Å². The van der Waals surface area contributed by atoms with Gasteiger partial charge < -0.3 is 9.88 Å². The number of hydrogen-bond acceptors (Lipinski definition) is 3. The van der Waals surface area contributed by atoms with E-state index in [1.54, 1.807) is 18.3 Å². The van der Waals surface area contributed by atoms with Crippen LogP contribution in [-0.4, -0.2) is 20.4 Å². The minimum atomic E-state index is -0.172. The first-order chi connectivity index (χ1) is 13.3. The highest BCUT2D eigenvalue weighted by Gasteiger charge is 2.12. The summed E-state index contributed by atoms with van der Waals surface area (Å²) in [6.07, 6.45) is 9.17. The number of rotatable bonds is 10. The molecule has 3 aromatic rings. The lowest BCUT2D eigenvalue weighted by Gasteiger charge is -2.10. The fourth-order valence-electron chi connectivity index (χ4n) is 3.31. The summed E-state index contributed by atoms with van der Waals surface area (Å²) in [6.45, 7) is 3.57. The summed E-state index contributed by atoms with van der Waals surface area (Å²) in [5.74, 6) is 0.725. The molecular formula is C22H28N4O. The van der Waals surface area contributed by atoms with Gasteiger partial charge in [-0.2, -0.15) is 0 Å². The summed E-state index contributed by atoms with van der Waals surface area (Å²) in [6, 6.07) is 13.5. The van der Waals surface area contributed by atoms with Crippen molar-refractivity contribution in [2.45, 2.75) is 58.5 Å². The van der Waals surface area contributed by atoms with Crippen LogP contribution in [0.4, 0.5) is 0 Å². The van der Waals surface area contributed by atoms with Gasteiger partial charge in [0, 0.05) is 12.7 Å². The molecule has 0 saturated heterocycles. The topological polar surface area (TPSA) is 59.8 Å². The maximum Gasteiger partial charge on any atom is 0.270 e. The predicted octanol–water partition coefficient (Wildman–Crippen LogP) is 4.72. The Balaban J connectivity index is 1.66. The number of carbonyl (C=O) groups is 1. The lowest BCUT2D eigenvalue weighted by atomic mass is 10.1. The molecule has 0 radical (unpaired) electrons. The largest absolute Gasteiger partial charge is 0.343 e. The fraction of sp³-hybridized carbons (Fsp3) is 0.409. The lowest BCUT2D eigenvalue weighted by molar-refractivity contribution is 0.0944. The zero-order chi connectivity index (χ0) is 18.9. The van der Waals surface area contributed by atoms with Crippen molar-refractivity contribution in [2.75, 3.05) is 0 Å². The van der Waals surface area contributed by atoms with Crippen LogP contribution in [-0.2, 0) is 13.1 Å². The molecule has 0 saturated carbocycles. The van der Waals surface area contributed by atoms with E-state index in [1.807, 2.05) is 24.3 Å². The molecule has 1 N–H and O–H groups in total. The van der Waals surface area contributed by atoms with Crippen LogP contribution in [0.1, 0.15) is 61.8 Å². The number of pyridine rings is 1. The Morgan fingerprint density at radius 2 is 1.78 bits per heavy atom. The van der Waals surface area contributed by atoms with Crippen LogP contribution >= 0.6 is 0 Å². The molecule has 1 amide bonds. The lowest BCUT2D eigenvalue weighted by Crippen LogP contribution is -2.25. The summed E-state index contributed by atoms with van der Waals surface area (Å²) in [5.41, 5.74) is 2.54. The number of imidazole rings is 1. The minimum absolute atomic E-state index is 0.172. The average Bonchev–Trinajstić information content (AvgIpc) is 3.07. The van der Waals surface area contributed by atoms with Crippen molar-refractivity contribution in [1.29, 1.82) is 0 Å². The van der Waals surface area contributed by atoms with Crippen LogP contribution in [0.5, 0.6) is 0 Å². The van der Waals surface area contributed by atoms with Gasteiger partial charge in [0.15, 0.2) is 0 Å². The van der Waals surface area contributed by atoms with Crippen LogP contribution in [0.2, 0.25) is 0 Å². The molecule has 3 rings (SSSR count). The number of hydrogen-bond donors (Lipinski definition) is 1. The van der Waals surface area contributed by atoms with Crippen molar-refractivity contribution < 1.29 is 4.79 Å². The van der Waals surface area contributed by atoms with Gasteiger partial charge in [0.05, 0.1) is 17.6 Å². The third-order valence-corrected chi connectivity index (χ3v) is 4.77. The average molecular weight is 364 g/mol. The van der Waals surface area contributed by atoms with Gasteiger partial charge in [-0.3, -0.25) is 9.78 Å². The van der Waals surface area contributed by atoms with Gasteiger partial charge in [-0.25, -0.2) is 4.98 Å². The van der Waals surface area contributed by atoms with Gasteiger partial charge >= 0.3 is 0 Å². The zero-order valence-corrected chi connectivity index (χ0v) is 16.0. The van der Waals surface area contributed by atoms with E-state index in [1.165, 1.54) is 32.1 Å². The number of nitrogens with zero attached hydrogens (tertiary/aromatic N) is 3. The molecule has 27 heavy (non-hydrogen) atoms. The summed E-state index contributed by atoms with van der Waals surface area (Å²) >= 11 is 0. The van der Waals surface area contributed by atoms with Gasteiger partial charge in [0.2, 0.25) is 0 Å². The van der Waals surface area contributed by atoms with Crippen molar-refractivity contribution in [2.24, 2.45) is 0 Å². The third-order valence-electron chi connectivity index (χ3n) is 4.77. The SMILES string of the molecule is CCCCCCCCn1c(CNC(=O)c2ccccn2)nc2ccccc21. The smallest absolute Gasteiger partial charge is 0.270 e. The fourth-order valence-corrected chi connectivity index (χ4v) is 3.31. The highest BCUT2D eigenvalue weighted by molar-refractivity contribution is 5.92. The Morgan fingerprint density at radius 1 is 1.00 bits per heavy atom. The van der Waals surface area contributed by atoms with Gasteiger partial charge in [0.25, 0.3) is 5.91 Å². The maximum atomic E-state index is 12.3. The molecule has 0 fully saturated rings. The molecule has 0 aliphatic heterocycles. The zero-order valence-electron chi connectivity index (χ0n) is 16.0. The quantitative estimate of drug-likeness (QED) is 0.529. The number of para-hydroxylation sites is 2. The summed E-state index contributed by atoms with van der Waals surface area (Å²) in [4.78, 5) is 21.1. The molecule has 5 heteroatoms. The Kier molecular flexibility index (Phi) is 6.97. The highest BCUT2D eigenvalue weighted by atomic mass is 16.1. The van der Waals surface area contributed by atoms with Crippen LogP contribution < -0.4 is 5.32 Å². The van der Waals surface area contributed by atoms with Crippen molar-refractivity contribution in [3.05, 3.63) is 60.2 Å².